The number of aliphatic imine (C=N–C) groups is 1. The van der Waals surface area contributed by atoms with Crippen LogP contribution in [0.1, 0.15) is 25.3 Å². The molecule has 0 spiro atoms. The standard InChI is InChI=1S/C18H31N3O4S/c1-4-25-13-5-11-19-18(20-12-6-14-26(3,22)23)21-15-16-7-9-17(24-2)10-8-16/h7-10H,4-6,11-15H2,1-3H3,(H2,19,20,21). The third-order valence-corrected chi connectivity index (χ3v) is 4.56. The number of guanidine groups is 1. The molecule has 148 valence electrons. The van der Waals surface area contributed by atoms with E-state index in [2.05, 4.69) is 15.6 Å². The maximum Gasteiger partial charge on any atom is 0.191 e. The molecule has 1 aromatic rings. The molecular formula is C18H31N3O4S. The molecule has 8 heteroatoms. The molecule has 0 amide bonds. The zero-order valence-electron chi connectivity index (χ0n) is 16.0. The first kappa shape index (κ1) is 22.2. The van der Waals surface area contributed by atoms with Gasteiger partial charge in [0.25, 0.3) is 0 Å². The minimum Gasteiger partial charge on any atom is -0.497 e. The maximum atomic E-state index is 11.2. The zero-order valence-corrected chi connectivity index (χ0v) is 16.8. The summed E-state index contributed by atoms with van der Waals surface area (Å²) in [5.41, 5.74) is 1.07. The van der Waals surface area contributed by atoms with E-state index in [-0.39, 0.29) is 5.75 Å². The second kappa shape index (κ2) is 12.5. The highest BCUT2D eigenvalue weighted by molar-refractivity contribution is 7.90. The van der Waals surface area contributed by atoms with Crippen molar-refractivity contribution in [2.45, 2.75) is 26.3 Å². The number of hydrogen-bond acceptors (Lipinski definition) is 5. The fourth-order valence-corrected chi connectivity index (χ4v) is 2.81. The van der Waals surface area contributed by atoms with Crippen LogP contribution in [0.3, 0.4) is 0 Å². The number of benzene rings is 1. The van der Waals surface area contributed by atoms with E-state index in [9.17, 15) is 8.42 Å². The van der Waals surface area contributed by atoms with E-state index in [4.69, 9.17) is 9.47 Å². The maximum absolute atomic E-state index is 11.2. The number of ether oxygens (including phenoxy) is 2. The van der Waals surface area contributed by atoms with Gasteiger partial charge in [0, 0.05) is 32.6 Å². The highest BCUT2D eigenvalue weighted by atomic mass is 32.2. The van der Waals surface area contributed by atoms with Crippen molar-refractivity contribution in [3.05, 3.63) is 29.8 Å². The van der Waals surface area contributed by atoms with Gasteiger partial charge in [-0.1, -0.05) is 12.1 Å². The van der Waals surface area contributed by atoms with E-state index in [1.54, 1.807) is 7.11 Å². The van der Waals surface area contributed by atoms with Crippen molar-refractivity contribution in [2.24, 2.45) is 4.99 Å². The molecule has 0 heterocycles. The molecule has 0 aromatic heterocycles. The van der Waals surface area contributed by atoms with Gasteiger partial charge in [-0.05, 0) is 37.5 Å². The van der Waals surface area contributed by atoms with Gasteiger partial charge >= 0.3 is 0 Å². The summed E-state index contributed by atoms with van der Waals surface area (Å²) >= 11 is 0. The summed E-state index contributed by atoms with van der Waals surface area (Å²) in [6.07, 6.45) is 2.67. The van der Waals surface area contributed by atoms with Crippen LogP contribution in [0.25, 0.3) is 0 Å². The highest BCUT2D eigenvalue weighted by Crippen LogP contribution is 2.11. The van der Waals surface area contributed by atoms with E-state index in [0.29, 0.717) is 38.7 Å². The lowest BCUT2D eigenvalue weighted by atomic mass is 10.2. The summed E-state index contributed by atoms with van der Waals surface area (Å²) in [4.78, 5) is 4.56. The van der Waals surface area contributed by atoms with Gasteiger partial charge in [0.15, 0.2) is 5.96 Å². The van der Waals surface area contributed by atoms with E-state index < -0.39 is 9.84 Å². The molecule has 0 atom stereocenters. The molecule has 0 radical (unpaired) electrons. The van der Waals surface area contributed by atoms with Crippen LogP contribution < -0.4 is 15.4 Å². The number of sulfone groups is 1. The Morgan fingerprint density at radius 1 is 1.12 bits per heavy atom. The molecule has 0 saturated carbocycles. The average Bonchev–Trinajstić information content (AvgIpc) is 2.61. The zero-order chi connectivity index (χ0) is 19.3. The minimum absolute atomic E-state index is 0.163. The van der Waals surface area contributed by atoms with E-state index >= 15 is 0 Å². The fourth-order valence-electron chi connectivity index (χ4n) is 2.14. The summed E-state index contributed by atoms with van der Waals surface area (Å²) in [6.45, 7) is 5.19. The monoisotopic (exact) mass is 385 g/mol. The van der Waals surface area contributed by atoms with E-state index in [1.807, 2.05) is 31.2 Å². The molecule has 0 aliphatic rings. The Hall–Kier alpha value is -1.80. The Bertz CT molecular complexity index is 630. The van der Waals surface area contributed by atoms with Crippen LogP contribution >= 0.6 is 0 Å². The first-order chi connectivity index (χ1) is 12.4. The Morgan fingerprint density at radius 2 is 1.77 bits per heavy atom. The number of rotatable bonds is 12. The van der Waals surface area contributed by atoms with E-state index in [1.165, 1.54) is 6.26 Å². The molecule has 0 fully saturated rings. The smallest absolute Gasteiger partial charge is 0.191 e. The Morgan fingerprint density at radius 3 is 2.35 bits per heavy atom. The van der Waals surface area contributed by atoms with Crippen LogP contribution in [0, 0.1) is 0 Å². The van der Waals surface area contributed by atoms with Gasteiger partial charge in [-0.25, -0.2) is 13.4 Å². The van der Waals surface area contributed by atoms with Crippen LogP contribution in [0.2, 0.25) is 0 Å². The SMILES string of the molecule is CCOCCCNC(=NCc1ccc(OC)cc1)NCCCS(C)(=O)=O. The molecule has 26 heavy (non-hydrogen) atoms. The molecule has 1 rings (SSSR count). The molecule has 1 aromatic carbocycles. The largest absolute Gasteiger partial charge is 0.497 e. The molecule has 0 unspecified atom stereocenters. The number of nitrogens with zero attached hydrogens (tertiary/aromatic N) is 1. The molecule has 0 aliphatic heterocycles. The first-order valence-corrected chi connectivity index (χ1v) is 10.9. The van der Waals surface area contributed by atoms with Crippen molar-refractivity contribution in [1.29, 1.82) is 0 Å². The summed E-state index contributed by atoms with van der Waals surface area (Å²) in [7, 11) is -1.30. The number of nitrogens with one attached hydrogen (secondary N) is 2. The molecule has 0 bridgehead atoms. The molecule has 7 nitrogen and oxygen atoms in total. The van der Waals surface area contributed by atoms with Gasteiger partial charge in [-0.3, -0.25) is 0 Å². The third-order valence-electron chi connectivity index (χ3n) is 3.53. The quantitative estimate of drug-likeness (QED) is 0.323. The Kier molecular flexibility index (Phi) is 10.7. The van der Waals surface area contributed by atoms with Gasteiger partial charge < -0.3 is 20.1 Å². The number of hydrogen-bond donors (Lipinski definition) is 2. The van der Waals surface area contributed by atoms with Crippen molar-refractivity contribution >= 4 is 15.8 Å². The molecule has 2 N–H and O–H groups in total. The minimum atomic E-state index is -2.94. The lowest BCUT2D eigenvalue weighted by Crippen LogP contribution is -2.39. The first-order valence-electron chi connectivity index (χ1n) is 8.85. The normalized spacial score (nSPS) is 12.0. The second-order valence-corrected chi connectivity index (χ2v) is 8.16. The van der Waals surface area contributed by atoms with Crippen molar-refractivity contribution in [1.82, 2.24) is 10.6 Å². The van der Waals surface area contributed by atoms with Crippen LogP contribution in [0.15, 0.2) is 29.3 Å². The highest BCUT2D eigenvalue weighted by Gasteiger charge is 2.03. The third kappa shape index (κ3) is 10.9. The van der Waals surface area contributed by atoms with E-state index in [0.717, 1.165) is 24.3 Å². The average molecular weight is 386 g/mol. The van der Waals surface area contributed by atoms with Gasteiger partial charge in [0.1, 0.15) is 15.6 Å². The summed E-state index contributed by atoms with van der Waals surface area (Å²) in [5.74, 6) is 1.65. The van der Waals surface area contributed by atoms with Gasteiger partial charge in [-0.15, -0.1) is 0 Å². The van der Waals surface area contributed by atoms with Crippen LogP contribution in [-0.4, -0.2) is 59.8 Å². The Labute approximate surface area is 157 Å². The van der Waals surface area contributed by atoms with Gasteiger partial charge in [0.2, 0.25) is 0 Å². The lowest BCUT2D eigenvalue weighted by Gasteiger charge is -2.13. The van der Waals surface area contributed by atoms with Gasteiger partial charge in [-0.2, -0.15) is 0 Å². The predicted octanol–water partition coefficient (Wildman–Crippen LogP) is 1.59. The summed E-state index contributed by atoms with van der Waals surface area (Å²) in [6, 6.07) is 7.75. The topological polar surface area (TPSA) is 89.0 Å². The predicted molar refractivity (Wildman–Crippen MR) is 106 cm³/mol. The van der Waals surface area contributed by atoms with Crippen molar-refractivity contribution < 1.29 is 17.9 Å². The van der Waals surface area contributed by atoms with Crippen molar-refractivity contribution in [2.75, 3.05) is 45.4 Å². The number of methoxy groups -OCH3 is 1. The Balaban J connectivity index is 2.53. The summed E-state index contributed by atoms with van der Waals surface area (Å²) in [5, 5.41) is 6.44. The lowest BCUT2D eigenvalue weighted by molar-refractivity contribution is 0.145. The summed E-state index contributed by atoms with van der Waals surface area (Å²) < 4.78 is 32.9. The van der Waals surface area contributed by atoms with Crippen molar-refractivity contribution in [3.8, 4) is 5.75 Å². The van der Waals surface area contributed by atoms with Gasteiger partial charge in [0.05, 0.1) is 19.4 Å². The molecule has 0 aliphatic carbocycles. The molecule has 0 saturated heterocycles. The molecular weight excluding hydrogens is 354 g/mol. The fraction of sp³-hybridized carbons (Fsp3) is 0.611. The van der Waals surface area contributed by atoms with Crippen molar-refractivity contribution in [3.63, 3.8) is 0 Å². The van der Waals surface area contributed by atoms with Crippen LogP contribution in [0.5, 0.6) is 5.75 Å². The van der Waals surface area contributed by atoms with Crippen LogP contribution in [-0.2, 0) is 21.1 Å². The van der Waals surface area contributed by atoms with Crippen LogP contribution in [0.4, 0.5) is 0 Å². The second-order valence-electron chi connectivity index (χ2n) is 5.90.